The topological polar surface area (TPSA) is 98.7 Å². The first-order chi connectivity index (χ1) is 10.1. The van der Waals surface area contributed by atoms with Gasteiger partial charge >= 0.3 is 12.0 Å². The number of benzene rings is 1. The van der Waals surface area contributed by atoms with Crippen LogP contribution < -0.4 is 10.6 Å². The summed E-state index contributed by atoms with van der Waals surface area (Å²) in [7, 11) is 0. The number of carboxylic acids is 1. The first-order valence-electron chi connectivity index (χ1n) is 7.14. The SMILES string of the molecule is O=C(NCC[C@H](O)C(=O)O)Nc1cccc2c1CCCC2. The molecule has 1 atom stereocenters. The van der Waals surface area contributed by atoms with Crippen molar-refractivity contribution in [3.05, 3.63) is 29.3 Å². The highest BCUT2D eigenvalue weighted by molar-refractivity contribution is 5.90. The number of aliphatic hydroxyl groups is 1. The molecule has 1 aromatic rings. The molecule has 0 aromatic heterocycles. The molecule has 21 heavy (non-hydrogen) atoms. The molecular weight excluding hydrogens is 272 g/mol. The number of hydrogen-bond acceptors (Lipinski definition) is 3. The van der Waals surface area contributed by atoms with Crippen molar-refractivity contribution in [2.24, 2.45) is 0 Å². The van der Waals surface area contributed by atoms with E-state index < -0.39 is 12.1 Å². The summed E-state index contributed by atoms with van der Waals surface area (Å²) in [5, 5.41) is 23.0. The summed E-state index contributed by atoms with van der Waals surface area (Å²) < 4.78 is 0. The number of rotatable bonds is 5. The molecule has 0 aliphatic heterocycles. The maximum absolute atomic E-state index is 11.8. The molecule has 2 rings (SSSR count). The van der Waals surface area contributed by atoms with Crippen molar-refractivity contribution < 1.29 is 19.8 Å². The van der Waals surface area contributed by atoms with E-state index in [1.54, 1.807) is 0 Å². The summed E-state index contributed by atoms with van der Waals surface area (Å²) >= 11 is 0. The molecule has 4 N–H and O–H groups in total. The second-order valence-corrected chi connectivity index (χ2v) is 5.17. The maximum Gasteiger partial charge on any atom is 0.332 e. The van der Waals surface area contributed by atoms with Gasteiger partial charge in [0, 0.05) is 18.7 Å². The zero-order valence-electron chi connectivity index (χ0n) is 11.8. The number of fused-ring (bicyclic) bond motifs is 1. The van der Waals surface area contributed by atoms with Crippen molar-refractivity contribution >= 4 is 17.7 Å². The van der Waals surface area contributed by atoms with Gasteiger partial charge in [-0.1, -0.05) is 12.1 Å². The lowest BCUT2D eigenvalue weighted by atomic mass is 9.90. The van der Waals surface area contributed by atoms with Crippen molar-refractivity contribution in [1.29, 1.82) is 0 Å². The number of carbonyl (C=O) groups excluding carboxylic acids is 1. The van der Waals surface area contributed by atoms with Crippen LogP contribution in [0.25, 0.3) is 0 Å². The van der Waals surface area contributed by atoms with E-state index in [9.17, 15) is 9.59 Å². The van der Waals surface area contributed by atoms with Gasteiger partial charge in [-0.25, -0.2) is 9.59 Å². The van der Waals surface area contributed by atoms with E-state index in [-0.39, 0.29) is 19.0 Å². The van der Waals surface area contributed by atoms with Crippen molar-refractivity contribution in [2.75, 3.05) is 11.9 Å². The fourth-order valence-corrected chi connectivity index (χ4v) is 2.51. The Hall–Kier alpha value is -2.08. The summed E-state index contributed by atoms with van der Waals surface area (Å²) in [4.78, 5) is 22.2. The summed E-state index contributed by atoms with van der Waals surface area (Å²) in [5.74, 6) is -1.28. The van der Waals surface area contributed by atoms with Gasteiger partial charge in [-0.15, -0.1) is 0 Å². The third-order valence-corrected chi connectivity index (χ3v) is 3.63. The molecule has 1 aromatic carbocycles. The fraction of sp³-hybridized carbons (Fsp3) is 0.467. The molecule has 0 fully saturated rings. The van der Waals surface area contributed by atoms with Gasteiger partial charge in [0.05, 0.1) is 0 Å². The molecule has 6 heteroatoms. The minimum absolute atomic E-state index is 0.0182. The standard InChI is InChI=1S/C15H20N2O4/c18-13(14(19)20)8-9-16-15(21)17-12-7-3-5-10-4-1-2-6-11(10)12/h3,5,7,13,18H,1-2,4,6,8-9H2,(H,19,20)(H2,16,17,21)/t13-/m0/s1. The van der Waals surface area contributed by atoms with E-state index in [0.29, 0.717) is 0 Å². The Balaban J connectivity index is 1.87. The van der Waals surface area contributed by atoms with Gasteiger partial charge in [-0.3, -0.25) is 0 Å². The monoisotopic (exact) mass is 292 g/mol. The molecule has 0 radical (unpaired) electrons. The Labute approximate surface area is 123 Å². The number of nitrogens with one attached hydrogen (secondary N) is 2. The molecule has 6 nitrogen and oxygen atoms in total. The van der Waals surface area contributed by atoms with Crippen LogP contribution in [0.3, 0.4) is 0 Å². The van der Waals surface area contributed by atoms with Crippen LogP contribution in [0, 0.1) is 0 Å². The van der Waals surface area contributed by atoms with Crippen molar-refractivity contribution in [1.82, 2.24) is 5.32 Å². The highest BCUT2D eigenvalue weighted by Gasteiger charge is 2.15. The molecule has 2 amide bonds. The van der Waals surface area contributed by atoms with E-state index in [1.165, 1.54) is 17.5 Å². The number of aliphatic hydroxyl groups excluding tert-OH is 1. The number of aliphatic carboxylic acids is 1. The molecule has 1 aliphatic carbocycles. The number of anilines is 1. The highest BCUT2D eigenvalue weighted by atomic mass is 16.4. The maximum atomic E-state index is 11.8. The van der Waals surface area contributed by atoms with Crippen LogP contribution >= 0.6 is 0 Å². The number of carboxylic acid groups (broad SMARTS) is 1. The fourth-order valence-electron chi connectivity index (χ4n) is 2.51. The van der Waals surface area contributed by atoms with Crippen LogP contribution in [0.2, 0.25) is 0 Å². The van der Waals surface area contributed by atoms with Crippen LogP contribution in [0.5, 0.6) is 0 Å². The van der Waals surface area contributed by atoms with Gasteiger partial charge < -0.3 is 20.8 Å². The molecule has 0 bridgehead atoms. The first kappa shape index (κ1) is 15.3. The summed E-state index contributed by atoms with van der Waals surface area (Å²) in [6, 6.07) is 5.50. The van der Waals surface area contributed by atoms with E-state index in [0.717, 1.165) is 24.9 Å². The van der Waals surface area contributed by atoms with E-state index in [1.807, 2.05) is 12.1 Å². The zero-order chi connectivity index (χ0) is 15.2. The van der Waals surface area contributed by atoms with Crippen LogP contribution in [0.4, 0.5) is 10.5 Å². The van der Waals surface area contributed by atoms with Crippen molar-refractivity contribution in [3.63, 3.8) is 0 Å². The number of carbonyl (C=O) groups is 2. The lowest BCUT2D eigenvalue weighted by Crippen LogP contribution is -2.33. The Morgan fingerprint density at radius 3 is 2.76 bits per heavy atom. The number of hydrogen-bond donors (Lipinski definition) is 4. The van der Waals surface area contributed by atoms with Gasteiger partial charge in [0.2, 0.25) is 0 Å². The van der Waals surface area contributed by atoms with E-state index in [2.05, 4.69) is 16.7 Å². The molecule has 0 heterocycles. The predicted octanol–water partition coefficient (Wildman–Crippen LogP) is 1.52. The lowest BCUT2D eigenvalue weighted by Gasteiger charge is -2.19. The van der Waals surface area contributed by atoms with Crippen molar-refractivity contribution in [2.45, 2.75) is 38.2 Å². The normalized spacial score (nSPS) is 14.9. The lowest BCUT2D eigenvalue weighted by molar-refractivity contribution is -0.146. The Morgan fingerprint density at radius 2 is 2.00 bits per heavy atom. The molecular formula is C15H20N2O4. The number of aryl methyl sites for hydroxylation is 1. The van der Waals surface area contributed by atoms with Gasteiger partial charge in [0.25, 0.3) is 0 Å². The molecule has 0 saturated heterocycles. The van der Waals surface area contributed by atoms with Gasteiger partial charge in [-0.2, -0.15) is 0 Å². The quantitative estimate of drug-likeness (QED) is 0.661. The Morgan fingerprint density at radius 1 is 1.24 bits per heavy atom. The van der Waals surface area contributed by atoms with Gasteiger partial charge in [0.1, 0.15) is 0 Å². The minimum Gasteiger partial charge on any atom is -0.479 e. The minimum atomic E-state index is -1.45. The van der Waals surface area contributed by atoms with Crippen LogP contribution in [-0.2, 0) is 17.6 Å². The third-order valence-electron chi connectivity index (χ3n) is 3.63. The molecule has 1 aliphatic rings. The van der Waals surface area contributed by atoms with Crippen LogP contribution in [0.1, 0.15) is 30.4 Å². The average Bonchev–Trinajstić information content (AvgIpc) is 2.47. The smallest absolute Gasteiger partial charge is 0.332 e. The molecule has 0 unspecified atom stereocenters. The first-order valence-corrected chi connectivity index (χ1v) is 7.14. The summed E-state index contributed by atoms with van der Waals surface area (Å²) in [6.45, 7) is 0.105. The van der Waals surface area contributed by atoms with Gasteiger partial charge in [0.15, 0.2) is 6.10 Å². The van der Waals surface area contributed by atoms with E-state index in [4.69, 9.17) is 10.2 Å². The number of urea groups is 1. The Kier molecular flexibility index (Phi) is 5.16. The average molecular weight is 292 g/mol. The third kappa shape index (κ3) is 4.19. The summed E-state index contributed by atoms with van der Waals surface area (Å²) in [5.41, 5.74) is 3.27. The molecule has 0 spiro atoms. The van der Waals surface area contributed by atoms with E-state index >= 15 is 0 Å². The van der Waals surface area contributed by atoms with Crippen LogP contribution in [-0.4, -0.2) is 34.9 Å². The molecule has 114 valence electrons. The largest absolute Gasteiger partial charge is 0.479 e. The highest BCUT2D eigenvalue weighted by Crippen LogP contribution is 2.27. The predicted molar refractivity (Wildman–Crippen MR) is 78.4 cm³/mol. The summed E-state index contributed by atoms with van der Waals surface area (Å²) in [6.07, 6.45) is 2.83. The van der Waals surface area contributed by atoms with Crippen molar-refractivity contribution in [3.8, 4) is 0 Å². The Bertz CT molecular complexity index is 530. The number of amides is 2. The van der Waals surface area contributed by atoms with Crippen LogP contribution in [0.15, 0.2) is 18.2 Å². The molecule has 0 saturated carbocycles. The second-order valence-electron chi connectivity index (χ2n) is 5.17. The van der Waals surface area contributed by atoms with Gasteiger partial charge in [-0.05, 0) is 42.9 Å². The second kappa shape index (κ2) is 7.08. The zero-order valence-corrected chi connectivity index (χ0v) is 11.8.